The van der Waals surface area contributed by atoms with E-state index in [1.807, 2.05) is 0 Å². The molecule has 0 saturated carbocycles. The molecule has 86 valence electrons. The molecule has 0 saturated heterocycles. The molecule has 0 aliphatic carbocycles. The van der Waals surface area contributed by atoms with E-state index in [9.17, 15) is 9.50 Å². The van der Waals surface area contributed by atoms with E-state index in [0.717, 1.165) is 0 Å². The first kappa shape index (κ1) is 11.1. The van der Waals surface area contributed by atoms with Crippen molar-refractivity contribution in [2.45, 2.75) is 32.8 Å². The summed E-state index contributed by atoms with van der Waals surface area (Å²) in [6, 6.07) is 3.02. The van der Waals surface area contributed by atoms with Crippen LogP contribution in [0.2, 0.25) is 0 Å². The second-order valence-electron chi connectivity index (χ2n) is 4.72. The zero-order valence-corrected chi connectivity index (χ0v) is 9.54. The molecule has 0 bridgehead atoms. The second kappa shape index (κ2) is 3.56. The van der Waals surface area contributed by atoms with Crippen LogP contribution >= 0.6 is 0 Å². The van der Waals surface area contributed by atoms with Crippen LogP contribution in [0.1, 0.15) is 25.1 Å². The molecule has 2 rings (SSSR count). The van der Waals surface area contributed by atoms with Crippen LogP contribution in [0.3, 0.4) is 0 Å². The first-order chi connectivity index (χ1) is 7.37. The quantitative estimate of drug-likeness (QED) is 0.851. The minimum atomic E-state index is -0.884. The summed E-state index contributed by atoms with van der Waals surface area (Å²) in [4.78, 5) is 0. The summed E-state index contributed by atoms with van der Waals surface area (Å²) in [5, 5.41) is 14.2. The zero-order valence-electron chi connectivity index (χ0n) is 9.54. The van der Waals surface area contributed by atoms with Crippen LogP contribution in [0, 0.1) is 12.7 Å². The van der Waals surface area contributed by atoms with E-state index in [0.29, 0.717) is 28.6 Å². The van der Waals surface area contributed by atoms with Gasteiger partial charge in [0.2, 0.25) is 0 Å². The molecule has 1 aromatic heterocycles. The van der Waals surface area contributed by atoms with Crippen LogP contribution < -0.4 is 0 Å². The number of hydrogen-bond acceptors (Lipinski definition) is 3. The summed E-state index contributed by atoms with van der Waals surface area (Å²) in [7, 11) is 0. The van der Waals surface area contributed by atoms with Gasteiger partial charge in [-0.3, -0.25) is 0 Å². The van der Waals surface area contributed by atoms with Crippen LogP contribution in [0.25, 0.3) is 11.0 Å². The van der Waals surface area contributed by atoms with E-state index >= 15 is 0 Å². The Balaban J connectivity index is 2.52. The maximum absolute atomic E-state index is 13.4. The lowest BCUT2D eigenvalue weighted by molar-refractivity contribution is 0.0793. The average molecular weight is 223 g/mol. The molecule has 0 aliphatic rings. The van der Waals surface area contributed by atoms with Gasteiger partial charge in [0.05, 0.1) is 11.3 Å². The van der Waals surface area contributed by atoms with Crippen LogP contribution in [0.4, 0.5) is 4.39 Å². The Morgan fingerprint density at radius 1 is 1.44 bits per heavy atom. The largest absolute Gasteiger partial charge is 0.390 e. The highest BCUT2D eigenvalue weighted by molar-refractivity contribution is 5.80. The molecule has 3 nitrogen and oxygen atoms in total. The molecule has 0 radical (unpaired) electrons. The van der Waals surface area contributed by atoms with Gasteiger partial charge in [0.15, 0.2) is 5.58 Å². The van der Waals surface area contributed by atoms with Crippen LogP contribution in [-0.2, 0) is 6.42 Å². The van der Waals surface area contributed by atoms with Crippen LogP contribution in [-0.4, -0.2) is 15.9 Å². The molecular weight excluding hydrogens is 209 g/mol. The monoisotopic (exact) mass is 223 g/mol. The number of aliphatic hydroxyl groups is 1. The van der Waals surface area contributed by atoms with E-state index in [-0.39, 0.29) is 5.82 Å². The molecule has 1 N–H and O–H groups in total. The highest BCUT2D eigenvalue weighted by atomic mass is 19.1. The standard InChI is InChI=1S/C12H14FNO2/c1-7-4-11-8(5-9(7)13)10(14-16-11)6-12(2,3)15/h4-5,15H,6H2,1-3H3. The summed E-state index contributed by atoms with van der Waals surface area (Å²) in [6.45, 7) is 5.03. The van der Waals surface area contributed by atoms with Gasteiger partial charge in [0.25, 0.3) is 0 Å². The Hall–Kier alpha value is -1.42. The molecule has 1 heterocycles. The molecule has 1 aromatic carbocycles. The van der Waals surface area contributed by atoms with Crippen LogP contribution in [0.15, 0.2) is 16.7 Å². The summed E-state index contributed by atoms with van der Waals surface area (Å²) in [5.41, 5.74) is 0.781. The first-order valence-electron chi connectivity index (χ1n) is 5.13. The normalized spacial score (nSPS) is 12.3. The van der Waals surface area contributed by atoms with Crippen molar-refractivity contribution in [3.8, 4) is 0 Å². The lowest BCUT2D eigenvalue weighted by atomic mass is 10.0. The average Bonchev–Trinajstić information content (AvgIpc) is 2.47. The van der Waals surface area contributed by atoms with Crippen molar-refractivity contribution in [2.24, 2.45) is 0 Å². The van der Waals surface area contributed by atoms with Crippen molar-refractivity contribution in [3.63, 3.8) is 0 Å². The van der Waals surface area contributed by atoms with E-state index in [4.69, 9.17) is 4.52 Å². The van der Waals surface area contributed by atoms with E-state index < -0.39 is 5.60 Å². The lowest BCUT2D eigenvalue weighted by Gasteiger charge is -2.14. The molecule has 2 aromatic rings. The number of aromatic nitrogens is 1. The number of rotatable bonds is 2. The molecule has 0 fully saturated rings. The third kappa shape index (κ3) is 2.07. The van der Waals surface area contributed by atoms with Gasteiger partial charge in [-0.25, -0.2) is 4.39 Å². The van der Waals surface area contributed by atoms with Crippen molar-refractivity contribution in [1.29, 1.82) is 0 Å². The molecule has 0 aliphatic heterocycles. The molecule has 16 heavy (non-hydrogen) atoms. The van der Waals surface area contributed by atoms with Gasteiger partial charge in [-0.15, -0.1) is 0 Å². The van der Waals surface area contributed by atoms with E-state index in [2.05, 4.69) is 5.16 Å². The van der Waals surface area contributed by atoms with Gasteiger partial charge in [-0.1, -0.05) is 5.16 Å². The van der Waals surface area contributed by atoms with Crippen molar-refractivity contribution in [3.05, 3.63) is 29.2 Å². The molecule has 0 unspecified atom stereocenters. The van der Waals surface area contributed by atoms with Gasteiger partial charge >= 0.3 is 0 Å². The topological polar surface area (TPSA) is 46.3 Å². The molecule has 0 spiro atoms. The number of aryl methyl sites for hydroxylation is 1. The Morgan fingerprint density at radius 3 is 2.75 bits per heavy atom. The fourth-order valence-electron chi connectivity index (χ4n) is 1.65. The fourth-order valence-corrected chi connectivity index (χ4v) is 1.65. The SMILES string of the molecule is Cc1cc2onc(CC(C)(C)O)c2cc1F. The number of fused-ring (bicyclic) bond motifs is 1. The summed E-state index contributed by atoms with van der Waals surface area (Å²) < 4.78 is 18.5. The molecule has 0 atom stereocenters. The van der Waals surface area contributed by atoms with Gasteiger partial charge in [0.1, 0.15) is 5.82 Å². The number of nitrogens with zero attached hydrogens (tertiary/aromatic N) is 1. The van der Waals surface area contributed by atoms with Crippen molar-refractivity contribution < 1.29 is 14.0 Å². The predicted molar refractivity (Wildman–Crippen MR) is 58.7 cm³/mol. The Morgan fingerprint density at radius 2 is 2.12 bits per heavy atom. The zero-order chi connectivity index (χ0) is 11.9. The third-order valence-corrected chi connectivity index (χ3v) is 2.43. The molecular formula is C12H14FNO2. The minimum Gasteiger partial charge on any atom is -0.390 e. The third-order valence-electron chi connectivity index (χ3n) is 2.43. The summed E-state index contributed by atoms with van der Waals surface area (Å²) >= 11 is 0. The molecule has 4 heteroatoms. The Kier molecular flexibility index (Phi) is 2.46. The molecule has 0 amide bonds. The maximum Gasteiger partial charge on any atom is 0.167 e. The second-order valence-corrected chi connectivity index (χ2v) is 4.72. The highest BCUT2D eigenvalue weighted by Crippen LogP contribution is 2.24. The summed E-state index contributed by atoms with van der Waals surface area (Å²) in [6.07, 6.45) is 0.336. The number of benzene rings is 1. The minimum absolute atomic E-state index is 0.285. The van der Waals surface area contributed by atoms with Gasteiger partial charge < -0.3 is 9.63 Å². The summed E-state index contributed by atoms with van der Waals surface area (Å²) in [5.74, 6) is -0.285. The van der Waals surface area contributed by atoms with Crippen molar-refractivity contribution >= 4 is 11.0 Å². The van der Waals surface area contributed by atoms with Gasteiger partial charge in [0, 0.05) is 11.8 Å². The number of halogens is 1. The highest BCUT2D eigenvalue weighted by Gasteiger charge is 2.19. The van der Waals surface area contributed by atoms with Crippen molar-refractivity contribution in [2.75, 3.05) is 0 Å². The van der Waals surface area contributed by atoms with E-state index in [1.165, 1.54) is 6.07 Å². The van der Waals surface area contributed by atoms with Gasteiger partial charge in [-0.2, -0.15) is 0 Å². The number of hydrogen-bond donors (Lipinski definition) is 1. The maximum atomic E-state index is 13.4. The van der Waals surface area contributed by atoms with Gasteiger partial charge in [-0.05, 0) is 38.5 Å². The predicted octanol–water partition coefficient (Wildman–Crippen LogP) is 2.59. The Labute approximate surface area is 92.9 Å². The smallest absolute Gasteiger partial charge is 0.167 e. The first-order valence-corrected chi connectivity index (χ1v) is 5.13. The van der Waals surface area contributed by atoms with Crippen LogP contribution in [0.5, 0.6) is 0 Å². The van der Waals surface area contributed by atoms with E-state index in [1.54, 1.807) is 26.8 Å². The lowest BCUT2D eigenvalue weighted by Crippen LogP contribution is -2.22. The fraction of sp³-hybridized carbons (Fsp3) is 0.417. The Bertz CT molecular complexity index is 526. The van der Waals surface area contributed by atoms with Crippen molar-refractivity contribution in [1.82, 2.24) is 5.16 Å².